The van der Waals surface area contributed by atoms with Gasteiger partial charge in [-0.05, 0) is 67.4 Å². The number of nitrogens with one attached hydrogen (secondary N) is 1. The maximum atomic E-state index is 12.6. The topological polar surface area (TPSA) is 78.3 Å². The second-order valence-corrected chi connectivity index (χ2v) is 7.03. The van der Waals surface area contributed by atoms with Crippen LogP contribution in [0.2, 0.25) is 0 Å². The van der Waals surface area contributed by atoms with Crippen LogP contribution in [0.25, 0.3) is 22.2 Å². The molecule has 1 amide bonds. The van der Waals surface area contributed by atoms with Gasteiger partial charge < -0.3 is 14.8 Å². The van der Waals surface area contributed by atoms with E-state index in [0.717, 1.165) is 33.7 Å². The predicted octanol–water partition coefficient (Wildman–Crippen LogP) is 4.45. The molecule has 2 aromatic heterocycles. The van der Waals surface area contributed by atoms with Crippen LogP contribution in [0.1, 0.15) is 12.6 Å². The third-order valence-corrected chi connectivity index (χ3v) is 4.95. The number of carbonyl (C=O) groups is 1. The van der Waals surface area contributed by atoms with Crippen LogP contribution in [-0.4, -0.2) is 34.4 Å². The first kappa shape index (κ1) is 20.4. The molecule has 0 fully saturated rings. The molecule has 4 aromatic rings. The van der Waals surface area contributed by atoms with Crippen molar-refractivity contribution in [1.82, 2.24) is 14.8 Å². The van der Waals surface area contributed by atoms with Crippen molar-refractivity contribution in [2.24, 2.45) is 0 Å². The summed E-state index contributed by atoms with van der Waals surface area (Å²) in [5.74, 6) is 1.39. The van der Waals surface area contributed by atoms with Gasteiger partial charge in [0.2, 0.25) is 5.91 Å². The van der Waals surface area contributed by atoms with E-state index < -0.39 is 0 Å². The van der Waals surface area contributed by atoms with E-state index in [1.54, 1.807) is 18.0 Å². The van der Waals surface area contributed by atoms with Crippen molar-refractivity contribution in [2.75, 3.05) is 19.0 Å². The molecular formula is C24H24N4O3. The first-order chi connectivity index (χ1) is 15.1. The Labute approximate surface area is 180 Å². The number of nitrogens with zero attached hydrogens (tertiary/aromatic N) is 3. The van der Waals surface area contributed by atoms with E-state index in [1.165, 1.54) is 0 Å². The smallest absolute Gasteiger partial charge is 0.246 e. The van der Waals surface area contributed by atoms with Crippen molar-refractivity contribution in [3.63, 3.8) is 0 Å². The number of aryl methyl sites for hydroxylation is 1. The standard InChI is InChI=1S/C24H24N4O3/c1-4-31-20-11-7-18(8-12-20)26-22(29)15-28-24-23(16(2)27-28)21(13-14-25-24)17-5-9-19(30-3)10-6-17/h5-14H,4,15H2,1-3H3,(H,26,29). The van der Waals surface area contributed by atoms with Crippen LogP contribution in [0.5, 0.6) is 11.5 Å². The van der Waals surface area contributed by atoms with Gasteiger partial charge in [-0.15, -0.1) is 0 Å². The maximum absolute atomic E-state index is 12.6. The lowest BCUT2D eigenvalue weighted by molar-refractivity contribution is -0.116. The molecule has 0 spiro atoms. The van der Waals surface area contributed by atoms with Gasteiger partial charge in [0, 0.05) is 17.3 Å². The molecule has 0 atom stereocenters. The fourth-order valence-electron chi connectivity index (χ4n) is 3.54. The third kappa shape index (κ3) is 4.35. The number of carbonyl (C=O) groups excluding carboxylic acids is 1. The van der Waals surface area contributed by atoms with Gasteiger partial charge in [-0.3, -0.25) is 4.79 Å². The maximum Gasteiger partial charge on any atom is 0.246 e. The van der Waals surface area contributed by atoms with Gasteiger partial charge in [-0.2, -0.15) is 5.10 Å². The van der Waals surface area contributed by atoms with Gasteiger partial charge in [0.1, 0.15) is 18.0 Å². The highest BCUT2D eigenvalue weighted by Gasteiger charge is 2.16. The summed E-state index contributed by atoms with van der Waals surface area (Å²) in [5, 5.41) is 8.41. The van der Waals surface area contributed by atoms with Crippen molar-refractivity contribution >= 4 is 22.6 Å². The van der Waals surface area contributed by atoms with E-state index in [1.807, 2.05) is 68.4 Å². The zero-order chi connectivity index (χ0) is 21.8. The molecule has 0 radical (unpaired) electrons. The van der Waals surface area contributed by atoms with Crippen LogP contribution < -0.4 is 14.8 Å². The summed E-state index contributed by atoms with van der Waals surface area (Å²) in [5.41, 5.74) is 4.25. The lowest BCUT2D eigenvalue weighted by atomic mass is 10.0. The second-order valence-electron chi connectivity index (χ2n) is 7.03. The number of pyridine rings is 1. The van der Waals surface area contributed by atoms with Crippen LogP contribution in [0.4, 0.5) is 5.69 Å². The summed E-state index contributed by atoms with van der Waals surface area (Å²) in [6, 6.07) is 17.1. The Bertz CT molecular complexity index is 1200. The lowest BCUT2D eigenvalue weighted by Gasteiger charge is -2.08. The first-order valence-electron chi connectivity index (χ1n) is 10.1. The molecule has 7 nitrogen and oxygen atoms in total. The molecule has 0 saturated heterocycles. The predicted molar refractivity (Wildman–Crippen MR) is 120 cm³/mol. The van der Waals surface area contributed by atoms with Gasteiger partial charge in [-0.25, -0.2) is 9.67 Å². The number of amides is 1. The van der Waals surface area contributed by atoms with Crippen LogP contribution in [0.3, 0.4) is 0 Å². The van der Waals surface area contributed by atoms with Gasteiger partial charge in [0.05, 0.1) is 19.4 Å². The Morgan fingerprint density at radius 3 is 2.42 bits per heavy atom. The van der Waals surface area contributed by atoms with E-state index >= 15 is 0 Å². The second kappa shape index (κ2) is 8.87. The van der Waals surface area contributed by atoms with Crippen LogP contribution in [-0.2, 0) is 11.3 Å². The molecule has 0 unspecified atom stereocenters. The molecule has 2 aromatic carbocycles. The fraction of sp³-hybridized carbons (Fsp3) is 0.208. The number of rotatable bonds is 7. The number of hydrogen-bond acceptors (Lipinski definition) is 5. The summed E-state index contributed by atoms with van der Waals surface area (Å²) in [6.07, 6.45) is 1.74. The average Bonchev–Trinajstić information content (AvgIpc) is 3.10. The molecule has 0 aliphatic heterocycles. The number of methoxy groups -OCH3 is 1. The quantitative estimate of drug-likeness (QED) is 0.481. The SMILES string of the molecule is CCOc1ccc(NC(=O)Cn2nc(C)c3c(-c4ccc(OC)cc4)ccnc32)cc1. The zero-order valence-corrected chi connectivity index (χ0v) is 17.8. The molecular weight excluding hydrogens is 392 g/mol. The molecule has 31 heavy (non-hydrogen) atoms. The summed E-state index contributed by atoms with van der Waals surface area (Å²) in [4.78, 5) is 17.1. The number of ether oxygens (including phenoxy) is 2. The van der Waals surface area contributed by atoms with Gasteiger partial charge >= 0.3 is 0 Å². The van der Waals surface area contributed by atoms with Crippen molar-refractivity contribution < 1.29 is 14.3 Å². The van der Waals surface area contributed by atoms with Crippen molar-refractivity contribution in [3.8, 4) is 22.6 Å². The molecule has 0 saturated carbocycles. The van der Waals surface area contributed by atoms with Crippen molar-refractivity contribution in [1.29, 1.82) is 0 Å². The number of fused-ring (bicyclic) bond motifs is 1. The molecule has 0 aliphatic rings. The normalized spacial score (nSPS) is 10.8. The number of benzene rings is 2. The highest BCUT2D eigenvalue weighted by molar-refractivity contribution is 5.96. The minimum absolute atomic E-state index is 0.0661. The van der Waals surface area contributed by atoms with Gasteiger partial charge in [0.25, 0.3) is 0 Å². The highest BCUT2D eigenvalue weighted by Crippen LogP contribution is 2.31. The highest BCUT2D eigenvalue weighted by atomic mass is 16.5. The summed E-state index contributed by atoms with van der Waals surface area (Å²) in [7, 11) is 1.65. The van der Waals surface area contributed by atoms with E-state index in [4.69, 9.17) is 9.47 Å². The molecule has 158 valence electrons. The Morgan fingerprint density at radius 1 is 1.03 bits per heavy atom. The molecule has 4 rings (SSSR count). The minimum Gasteiger partial charge on any atom is -0.497 e. The summed E-state index contributed by atoms with van der Waals surface area (Å²) >= 11 is 0. The van der Waals surface area contributed by atoms with Crippen molar-refractivity contribution in [3.05, 3.63) is 66.5 Å². The number of anilines is 1. The Balaban J connectivity index is 1.57. The minimum atomic E-state index is -0.176. The summed E-state index contributed by atoms with van der Waals surface area (Å²) in [6.45, 7) is 4.53. The van der Waals surface area contributed by atoms with E-state index in [9.17, 15) is 4.79 Å². The molecule has 7 heteroatoms. The Morgan fingerprint density at radius 2 is 1.74 bits per heavy atom. The van der Waals surface area contributed by atoms with Crippen LogP contribution >= 0.6 is 0 Å². The molecule has 0 aliphatic carbocycles. The average molecular weight is 416 g/mol. The number of hydrogen-bond donors (Lipinski definition) is 1. The summed E-state index contributed by atoms with van der Waals surface area (Å²) < 4.78 is 12.3. The van der Waals surface area contributed by atoms with Gasteiger partial charge in [0.15, 0.2) is 5.65 Å². The largest absolute Gasteiger partial charge is 0.497 e. The van der Waals surface area contributed by atoms with Crippen LogP contribution in [0, 0.1) is 6.92 Å². The van der Waals surface area contributed by atoms with Crippen LogP contribution in [0.15, 0.2) is 60.8 Å². The Kier molecular flexibility index (Phi) is 5.84. The zero-order valence-electron chi connectivity index (χ0n) is 17.8. The monoisotopic (exact) mass is 416 g/mol. The molecule has 2 heterocycles. The van der Waals surface area contributed by atoms with Gasteiger partial charge in [-0.1, -0.05) is 12.1 Å². The lowest BCUT2D eigenvalue weighted by Crippen LogP contribution is -2.19. The third-order valence-electron chi connectivity index (χ3n) is 4.95. The molecule has 0 bridgehead atoms. The van der Waals surface area contributed by atoms with E-state index in [0.29, 0.717) is 17.9 Å². The van der Waals surface area contributed by atoms with Crippen molar-refractivity contribution in [2.45, 2.75) is 20.4 Å². The Hall–Kier alpha value is -3.87. The van der Waals surface area contributed by atoms with E-state index in [-0.39, 0.29) is 12.5 Å². The number of aromatic nitrogens is 3. The first-order valence-corrected chi connectivity index (χ1v) is 10.1. The van der Waals surface area contributed by atoms with E-state index in [2.05, 4.69) is 15.4 Å². The molecule has 1 N–H and O–H groups in total. The fourth-order valence-corrected chi connectivity index (χ4v) is 3.54.